The van der Waals surface area contributed by atoms with Crippen LogP contribution in [0.2, 0.25) is 0 Å². The van der Waals surface area contributed by atoms with Crippen molar-refractivity contribution in [3.8, 4) is 0 Å². The maximum atomic E-state index is 12.7. The molecule has 96 valence electrons. The van der Waals surface area contributed by atoms with Crippen LogP contribution in [0.15, 0.2) is 48.5 Å². The van der Waals surface area contributed by atoms with Crippen LogP contribution in [0.4, 0.5) is 10.1 Å². The van der Waals surface area contributed by atoms with Gasteiger partial charge < -0.3 is 5.32 Å². The van der Waals surface area contributed by atoms with Crippen LogP contribution >= 0.6 is 0 Å². The van der Waals surface area contributed by atoms with Gasteiger partial charge in [0.15, 0.2) is 0 Å². The van der Waals surface area contributed by atoms with Crippen molar-refractivity contribution in [3.05, 3.63) is 65.5 Å². The number of carbonyl (C=O) groups excluding carboxylic acids is 2. The Labute approximate surface area is 110 Å². The van der Waals surface area contributed by atoms with E-state index in [1.165, 1.54) is 24.3 Å². The molecule has 1 amide bonds. The van der Waals surface area contributed by atoms with E-state index in [0.29, 0.717) is 11.3 Å². The molecule has 3 nitrogen and oxygen atoms in total. The summed E-state index contributed by atoms with van der Waals surface area (Å²) in [5, 5.41) is 2.67. The monoisotopic (exact) mass is 257 g/mol. The Hall–Kier alpha value is -2.49. The second kappa shape index (κ2) is 5.91. The van der Waals surface area contributed by atoms with Crippen molar-refractivity contribution in [1.82, 2.24) is 0 Å². The van der Waals surface area contributed by atoms with Gasteiger partial charge in [-0.2, -0.15) is 0 Å². The third kappa shape index (κ3) is 3.74. The van der Waals surface area contributed by atoms with Crippen LogP contribution in [0.1, 0.15) is 15.9 Å². The largest absolute Gasteiger partial charge is 0.326 e. The van der Waals surface area contributed by atoms with Crippen LogP contribution in [0.3, 0.4) is 0 Å². The number of carbonyl (C=O) groups is 2. The third-order valence-corrected chi connectivity index (χ3v) is 2.61. The smallest absolute Gasteiger partial charge is 0.228 e. The van der Waals surface area contributed by atoms with Crippen LogP contribution in [-0.2, 0) is 11.2 Å². The summed E-state index contributed by atoms with van der Waals surface area (Å²) in [5.74, 6) is -0.534. The normalized spacial score (nSPS) is 9.95. The number of rotatable bonds is 4. The molecule has 0 aliphatic heterocycles. The van der Waals surface area contributed by atoms with Crippen molar-refractivity contribution in [2.24, 2.45) is 0 Å². The second-order valence-corrected chi connectivity index (χ2v) is 4.09. The molecule has 0 bridgehead atoms. The van der Waals surface area contributed by atoms with Crippen molar-refractivity contribution in [2.45, 2.75) is 6.42 Å². The lowest BCUT2D eigenvalue weighted by Gasteiger charge is -2.05. The summed E-state index contributed by atoms with van der Waals surface area (Å²) in [7, 11) is 0. The van der Waals surface area contributed by atoms with Gasteiger partial charge in [-0.3, -0.25) is 9.59 Å². The minimum Gasteiger partial charge on any atom is -0.326 e. The molecule has 0 saturated carbocycles. The summed E-state index contributed by atoms with van der Waals surface area (Å²) < 4.78 is 12.7. The number of hydrogen-bond acceptors (Lipinski definition) is 2. The fourth-order valence-corrected chi connectivity index (χ4v) is 1.64. The summed E-state index contributed by atoms with van der Waals surface area (Å²) in [6.07, 6.45) is 0.957. The van der Waals surface area contributed by atoms with Gasteiger partial charge in [0.05, 0.1) is 6.42 Å². The quantitative estimate of drug-likeness (QED) is 0.856. The average molecular weight is 257 g/mol. The van der Waals surface area contributed by atoms with Gasteiger partial charge in [-0.25, -0.2) is 4.39 Å². The van der Waals surface area contributed by atoms with Crippen molar-refractivity contribution < 1.29 is 14.0 Å². The molecule has 2 aromatic carbocycles. The van der Waals surface area contributed by atoms with Gasteiger partial charge in [0.1, 0.15) is 12.1 Å². The number of benzene rings is 2. The Bertz CT molecular complexity index is 576. The van der Waals surface area contributed by atoms with Crippen LogP contribution in [-0.4, -0.2) is 12.2 Å². The van der Waals surface area contributed by atoms with Crippen LogP contribution < -0.4 is 5.32 Å². The Morgan fingerprint density at radius 3 is 2.26 bits per heavy atom. The Morgan fingerprint density at radius 2 is 1.68 bits per heavy atom. The highest BCUT2D eigenvalue weighted by atomic mass is 19.1. The van der Waals surface area contributed by atoms with E-state index >= 15 is 0 Å². The predicted octanol–water partition coefficient (Wildman–Crippen LogP) is 2.82. The molecule has 4 heteroatoms. The number of nitrogens with one attached hydrogen (secondary N) is 1. The summed E-state index contributed by atoms with van der Waals surface area (Å²) >= 11 is 0. The van der Waals surface area contributed by atoms with Gasteiger partial charge in [0.25, 0.3) is 0 Å². The SMILES string of the molecule is O=Cc1ccc(CC(=O)Nc2ccc(F)cc2)cc1. The fraction of sp³-hybridized carbons (Fsp3) is 0.0667. The van der Waals surface area contributed by atoms with Crippen molar-refractivity contribution in [1.29, 1.82) is 0 Å². The zero-order chi connectivity index (χ0) is 13.7. The lowest BCUT2D eigenvalue weighted by molar-refractivity contribution is -0.115. The summed E-state index contributed by atoms with van der Waals surface area (Å²) in [6.45, 7) is 0. The first kappa shape index (κ1) is 13.0. The molecular weight excluding hydrogens is 245 g/mol. The number of anilines is 1. The van der Waals surface area contributed by atoms with Gasteiger partial charge in [-0.15, -0.1) is 0 Å². The number of amides is 1. The average Bonchev–Trinajstić information content (AvgIpc) is 2.42. The molecule has 1 N–H and O–H groups in total. The molecular formula is C15H12FNO2. The number of aldehydes is 1. The summed E-state index contributed by atoms with van der Waals surface area (Å²) in [4.78, 5) is 22.2. The van der Waals surface area contributed by atoms with E-state index in [1.54, 1.807) is 24.3 Å². The second-order valence-electron chi connectivity index (χ2n) is 4.09. The van der Waals surface area contributed by atoms with E-state index in [2.05, 4.69) is 5.32 Å². The number of hydrogen-bond donors (Lipinski definition) is 1. The zero-order valence-corrected chi connectivity index (χ0v) is 10.1. The third-order valence-electron chi connectivity index (χ3n) is 2.61. The Balaban J connectivity index is 1.96. The molecule has 0 aliphatic carbocycles. The molecule has 0 radical (unpaired) electrons. The van der Waals surface area contributed by atoms with Crippen molar-refractivity contribution in [3.63, 3.8) is 0 Å². The lowest BCUT2D eigenvalue weighted by atomic mass is 10.1. The molecule has 0 fully saturated rings. The standard InChI is InChI=1S/C15H12FNO2/c16-13-5-7-14(8-6-13)17-15(19)9-11-1-3-12(10-18)4-2-11/h1-8,10H,9H2,(H,17,19). The van der Waals surface area contributed by atoms with E-state index in [0.717, 1.165) is 11.8 Å². The maximum Gasteiger partial charge on any atom is 0.228 e. The maximum absolute atomic E-state index is 12.7. The molecule has 0 unspecified atom stereocenters. The molecule has 0 aromatic heterocycles. The Morgan fingerprint density at radius 1 is 1.05 bits per heavy atom. The first-order chi connectivity index (χ1) is 9.17. The summed E-state index contributed by atoms with van der Waals surface area (Å²) in [5.41, 5.74) is 1.93. The highest BCUT2D eigenvalue weighted by Gasteiger charge is 2.04. The molecule has 0 atom stereocenters. The minimum atomic E-state index is -0.345. The number of halogens is 1. The van der Waals surface area contributed by atoms with Gasteiger partial charge in [0, 0.05) is 11.3 Å². The van der Waals surface area contributed by atoms with Crippen LogP contribution in [0.5, 0.6) is 0 Å². The van der Waals surface area contributed by atoms with Crippen molar-refractivity contribution >= 4 is 17.9 Å². The Kier molecular flexibility index (Phi) is 4.03. The predicted molar refractivity (Wildman–Crippen MR) is 70.6 cm³/mol. The van der Waals surface area contributed by atoms with Gasteiger partial charge in [0.2, 0.25) is 5.91 Å². The van der Waals surface area contributed by atoms with Crippen LogP contribution in [0.25, 0.3) is 0 Å². The van der Waals surface area contributed by atoms with Gasteiger partial charge >= 0.3 is 0 Å². The van der Waals surface area contributed by atoms with E-state index in [9.17, 15) is 14.0 Å². The molecule has 0 heterocycles. The highest BCUT2D eigenvalue weighted by molar-refractivity contribution is 5.92. The van der Waals surface area contributed by atoms with E-state index in [-0.39, 0.29) is 18.1 Å². The molecule has 0 saturated heterocycles. The minimum absolute atomic E-state index is 0.189. The fourth-order valence-electron chi connectivity index (χ4n) is 1.64. The summed E-state index contributed by atoms with van der Waals surface area (Å²) in [6, 6.07) is 12.4. The van der Waals surface area contributed by atoms with E-state index in [4.69, 9.17) is 0 Å². The van der Waals surface area contributed by atoms with Gasteiger partial charge in [-0.1, -0.05) is 24.3 Å². The van der Waals surface area contributed by atoms with E-state index in [1.807, 2.05) is 0 Å². The topological polar surface area (TPSA) is 46.2 Å². The van der Waals surface area contributed by atoms with E-state index < -0.39 is 0 Å². The highest BCUT2D eigenvalue weighted by Crippen LogP contribution is 2.10. The van der Waals surface area contributed by atoms with Crippen LogP contribution in [0, 0.1) is 5.82 Å². The first-order valence-electron chi connectivity index (χ1n) is 5.77. The molecule has 0 aliphatic rings. The van der Waals surface area contributed by atoms with Crippen molar-refractivity contribution in [2.75, 3.05) is 5.32 Å². The first-order valence-corrected chi connectivity index (χ1v) is 5.77. The molecule has 19 heavy (non-hydrogen) atoms. The molecule has 0 spiro atoms. The van der Waals surface area contributed by atoms with Gasteiger partial charge in [-0.05, 0) is 29.8 Å². The molecule has 2 aromatic rings. The lowest BCUT2D eigenvalue weighted by Crippen LogP contribution is -2.14. The molecule has 2 rings (SSSR count). The zero-order valence-electron chi connectivity index (χ0n) is 10.1.